The lowest BCUT2D eigenvalue weighted by molar-refractivity contribution is -0.00998. The number of fused-ring (bicyclic) bond motifs is 2. The molecule has 5 rings (SSSR count). The van der Waals surface area contributed by atoms with Crippen LogP contribution in [0.4, 0.5) is 5.95 Å². The van der Waals surface area contributed by atoms with Crippen molar-refractivity contribution in [3.05, 3.63) is 35.8 Å². The molecule has 0 aromatic carbocycles. The summed E-state index contributed by atoms with van der Waals surface area (Å²) in [5.41, 5.74) is 2.05. The number of rotatable bonds is 3. The number of aryl methyl sites for hydroxylation is 2. The highest BCUT2D eigenvalue weighted by atomic mass is 16.3. The number of hydrogen-bond acceptors (Lipinski definition) is 6. The van der Waals surface area contributed by atoms with Crippen molar-refractivity contribution >= 4 is 5.95 Å². The topological polar surface area (TPSA) is 58.3 Å². The Morgan fingerprint density at radius 2 is 2.05 bits per heavy atom. The van der Waals surface area contributed by atoms with Crippen molar-refractivity contribution in [3.63, 3.8) is 0 Å². The second-order valence-electron chi connectivity index (χ2n) is 5.98. The highest BCUT2D eigenvalue weighted by Gasteiger charge is 2.45. The van der Waals surface area contributed by atoms with Crippen LogP contribution in [0.1, 0.15) is 23.7 Å². The van der Waals surface area contributed by atoms with E-state index in [2.05, 4.69) is 24.8 Å². The summed E-state index contributed by atoms with van der Waals surface area (Å²) in [5, 5.41) is 0. The Balaban J connectivity index is 1.44. The normalized spacial score (nSPS) is 25.0. The van der Waals surface area contributed by atoms with E-state index in [-0.39, 0.29) is 0 Å². The van der Waals surface area contributed by atoms with E-state index in [1.54, 1.807) is 6.26 Å². The lowest BCUT2D eigenvalue weighted by atomic mass is 9.87. The molecule has 6 heteroatoms. The van der Waals surface area contributed by atoms with Gasteiger partial charge < -0.3 is 9.32 Å². The first kappa shape index (κ1) is 12.8. The van der Waals surface area contributed by atoms with Crippen molar-refractivity contribution in [1.82, 2.24) is 19.9 Å². The lowest BCUT2D eigenvalue weighted by Crippen LogP contribution is -2.68. The van der Waals surface area contributed by atoms with Crippen molar-refractivity contribution in [2.45, 2.75) is 38.9 Å². The fourth-order valence-corrected chi connectivity index (χ4v) is 3.36. The second kappa shape index (κ2) is 4.80. The van der Waals surface area contributed by atoms with Crippen molar-refractivity contribution in [2.75, 3.05) is 18.0 Å². The lowest BCUT2D eigenvalue weighted by Gasteiger charge is -2.56. The van der Waals surface area contributed by atoms with Crippen molar-refractivity contribution in [2.24, 2.45) is 0 Å². The largest absolute Gasteiger partial charge is 0.449 e. The first-order valence-electron chi connectivity index (χ1n) is 7.40. The predicted molar refractivity (Wildman–Crippen MR) is 78.0 cm³/mol. The summed E-state index contributed by atoms with van der Waals surface area (Å²) in [7, 11) is 0. The van der Waals surface area contributed by atoms with Gasteiger partial charge in [0, 0.05) is 50.5 Å². The van der Waals surface area contributed by atoms with Gasteiger partial charge in [-0.05, 0) is 19.4 Å². The first-order chi connectivity index (χ1) is 10.2. The summed E-state index contributed by atoms with van der Waals surface area (Å²) < 4.78 is 5.29. The molecule has 2 bridgehead atoms. The number of oxazole rings is 1. The molecule has 3 saturated heterocycles. The smallest absolute Gasteiger partial charge is 0.225 e. The zero-order valence-corrected chi connectivity index (χ0v) is 12.4. The molecule has 2 aromatic heterocycles. The standard InChI is InChI=1S/C15H19N5O/c1-10-3-4-16-15(17-10)19-7-13-5-14(8-19)20(13)6-12-9-21-11(2)18-12/h3-4,9,13-14H,5-8H2,1-2H3. The molecule has 5 heterocycles. The van der Waals surface area contributed by atoms with E-state index in [1.807, 2.05) is 26.1 Å². The molecule has 2 atom stereocenters. The average Bonchev–Trinajstić information content (AvgIpc) is 2.90. The number of nitrogens with zero attached hydrogens (tertiary/aromatic N) is 5. The first-order valence-corrected chi connectivity index (χ1v) is 7.40. The third-order valence-corrected chi connectivity index (χ3v) is 4.42. The van der Waals surface area contributed by atoms with Gasteiger partial charge in [0.25, 0.3) is 0 Å². The van der Waals surface area contributed by atoms with E-state index in [0.29, 0.717) is 12.1 Å². The van der Waals surface area contributed by atoms with E-state index in [0.717, 1.165) is 42.9 Å². The van der Waals surface area contributed by atoms with E-state index >= 15 is 0 Å². The van der Waals surface area contributed by atoms with E-state index in [9.17, 15) is 0 Å². The summed E-state index contributed by atoms with van der Waals surface area (Å²) in [6, 6.07) is 3.09. The van der Waals surface area contributed by atoms with Crippen LogP contribution in [0.5, 0.6) is 0 Å². The van der Waals surface area contributed by atoms with Crippen LogP contribution in [0.3, 0.4) is 0 Å². The van der Waals surface area contributed by atoms with Crippen LogP contribution in [0.25, 0.3) is 0 Å². The highest BCUT2D eigenvalue weighted by molar-refractivity contribution is 5.34. The Labute approximate surface area is 123 Å². The summed E-state index contributed by atoms with van der Waals surface area (Å²) in [6.07, 6.45) is 4.87. The number of piperazine rings is 1. The molecule has 21 heavy (non-hydrogen) atoms. The van der Waals surface area contributed by atoms with Crippen LogP contribution >= 0.6 is 0 Å². The summed E-state index contributed by atoms with van der Waals surface area (Å²) >= 11 is 0. The van der Waals surface area contributed by atoms with Gasteiger partial charge >= 0.3 is 0 Å². The molecule has 0 radical (unpaired) electrons. The quantitative estimate of drug-likeness (QED) is 0.852. The molecule has 2 aromatic rings. The maximum atomic E-state index is 5.29. The van der Waals surface area contributed by atoms with Gasteiger partial charge in [-0.2, -0.15) is 0 Å². The maximum Gasteiger partial charge on any atom is 0.225 e. The zero-order valence-electron chi connectivity index (χ0n) is 12.4. The van der Waals surface area contributed by atoms with Gasteiger partial charge in [-0.15, -0.1) is 0 Å². The van der Waals surface area contributed by atoms with E-state index in [1.165, 1.54) is 6.42 Å². The molecule has 3 aliphatic heterocycles. The second-order valence-corrected chi connectivity index (χ2v) is 5.98. The van der Waals surface area contributed by atoms with Crippen LogP contribution in [-0.2, 0) is 6.54 Å². The Hall–Kier alpha value is -1.95. The minimum absolute atomic E-state index is 0.574. The fourth-order valence-electron chi connectivity index (χ4n) is 3.36. The third-order valence-electron chi connectivity index (χ3n) is 4.42. The molecule has 110 valence electrons. The van der Waals surface area contributed by atoms with Gasteiger partial charge in [-0.1, -0.05) is 0 Å². The molecule has 0 saturated carbocycles. The van der Waals surface area contributed by atoms with E-state index in [4.69, 9.17) is 4.42 Å². The van der Waals surface area contributed by atoms with Gasteiger partial charge in [0.2, 0.25) is 5.95 Å². The third kappa shape index (κ3) is 2.29. The van der Waals surface area contributed by atoms with E-state index < -0.39 is 0 Å². The summed E-state index contributed by atoms with van der Waals surface area (Å²) in [6.45, 7) is 6.77. The molecule has 0 amide bonds. The molecule has 3 aliphatic rings. The van der Waals surface area contributed by atoms with Crippen LogP contribution in [0, 0.1) is 13.8 Å². The molecular weight excluding hydrogens is 266 g/mol. The number of anilines is 1. The highest BCUT2D eigenvalue weighted by Crippen LogP contribution is 2.34. The molecule has 2 unspecified atom stereocenters. The minimum Gasteiger partial charge on any atom is -0.449 e. The Morgan fingerprint density at radius 3 is 2.71 bits per heavy atom. The van der Waals surface area contributed by atoms with Crippen LogP contribution in [-0.4, -0.2) is 45.0 Å². The van der Waals surface area contributed by atoms with Crippen molar-refractivity contribution in [1.29, 1.82) is 0 Å². The summed E-state index contributed by atoms with van der Waals surface area (Å²) in [4.78, 5) is 18.2. The maximum absolute atomic E-state index is 5.29. The monoisotopic (exact) mass is 285 g/mol. The minimum atomic E-state index is 0.574. The molecule has 0 N–H and O–H groups in total. The number of piperidine rings is 1. The Bertz CT molecular complexity index is 643. The molecule has 0 aliphatic carbocycles. The van der Waals surface area contributed by atoms with Gasteiger partial charge in [0.1, 0.15) is 6.26 Å². The van der Waals surface area contributed by atoms with Crippen molar-refractivity contribution < 1.29 is 4.42 Å². The van der Waals surface area contributed by atoms with Gasteiger partial charge in [-0.3, -0.25) is 4.90 Å². The van der Waals surface area contributed by atoms with Crippen LogP contribution in [0.2, 0.25) is 0 Å². The zero-order chi connectivity index (χ0) is 14.4. The van der Waals surface area contributed by atoms with Gasteiger partial charge in [-0.25, -0.2) is 15.0 Å². The Kier molecular flexibility index (Phi) is 2.92. The SMILES string of the molecule is Cc1ccnc(N2CC3CC(C2)N3Cc2coc(C)n2)n1. The summed E-state index contributed by atoms with van der Waals surface area (Å²) in [5.74, 6) is 1.60. The van der Waals surface area contributed by atoms with Crippen LogP contribution < -0.4 is 4.90 Å². The molecular formula is C15H19N5O. The predicted octanol–water partition coefficient (Wildman–Crippen LogP) is 1.54. The molecule has 3 fully saturated rings. The number of aromatic nitrogens is 3. The van der Waals surface area contributed by atoms with Gasteiger partial charge in [0.15, 0.2) is 5.89 Å². The molecule has 6 nitrogen and oxygen atoms in total. The van der Waals surface area contributed by atoms with Crippen molar-refractivity contribution in [3.8, 4) is 0 Å². The Morgan fingerprint density at radius 1 is 1.24 bits per heavy atom. The number of hydrogen-bond donors (Lipinski definition) is 0. The average molecular weight is 285 g/mol. The van der Waals surface area contributed by atoms with Gasteiger partial charge in [0.05, 0.1) is 5.69 Å². The fraction of sp³-hybridized carbons (Fsp3) is 0.533. The van der Waals surface area contributed by atoms with Crippen LogP contribution in [0.15, 0.2) is 22.9 Å². The molecule has 0 spiro atoms.